The minimum Gasteiger partial charge on any atom is -0.370 e. The SMILES string of the molecule is Cc1c(NC(=O)CN2CCN(C(=O)CCCCCC(N)=O)CC2)c[nH]c1C=C1C(=O)Nc2ccc(F)cc21. The second-order valence-electron chi connectivity index (χ2n) is 9.68. The summed E-state index contributed by atoms with van der Waals surface area (Å²) in [7, 11) is 0. The van der Waals surface area contributed by atoms with E-state index in [0.717, 1.165) is 18.4 Å². The first-order valence-corrected chi connectivity index (χ1v) is 12.8. The minimum atomic E-state index is -0.426. The third-order valence-electron chi connectivity index (χ3n) is 6.91. The summed E-state index contributed by atoms with van der Waals surface area (Å²) < 4.78 is 13.7. The number of rotatable bonds is 10. The maximum atomic E-state index is 13.7. The van der Waals surface area contributed by atoms with Gasteiger partial charge in [-0.05, 0) is 49.6 Å². The molecule has 4 rings (SSSR count). The fraction of sp³-hybridized carbons (Fsp3) is 0.407. The summed E-state index contributed by atoms with van der Waals surface area (Å²) in [6.07, 6.45) is 6.35. The highest BCUT2D eigenvalue weighted by Gasteiger charge is 2.26. The largest absolute Gasteiger partial charge is 0.370 e. The van der Waals surface area contributed by atoms with Crippen LogP contribution in [0.2, 0.25) is 0 Å². The Kier molecular flexibility index (Phi) is 8.57. The third kappa shape index (κ3) is 6.65. The van der Waals surface area contributed by atoms with Crippen LogP contribution in [0.25, 0.3) is 11.6 Å². The number of hydrogen-bond acceptors (Lipinski definition) is 5. The number of nitrogens with one attached hydrogen (secondary N) is 3. The van der Waals surface area contributed by atoms with E-state index in [9.17, 15) is 23.6 Å². The number of anilines is 2. The molecule has 3 heterocycles. The van der Waals surface area contributed by atoms with Gasteiger partial charge in [-0.25, -0.2) is 4.39 Å². The molecule has 4 amide bonds. The van der Waals surface area contributed by atoms with Crippen LogP contribution in [0.4, 0.5) is 15.8 Å². The molecule has 5 N–H and O–H groups in total. The van der Waals surface area contributed by atoms with E-state index >= 15 is 0 Å². The number of carbonyl (C=O) groups is 4. The predicted octanol–water partition coefficient (Wildman–Crippen LogP) is 2.47. The molecule has 0 spiro atoms. The second-order valence-corrected chi connectivity index (χ2v) is 9.68. The van der Waals surface area contributed by atoms with E-state index in [-0.39, 0.29) is 30.2 Å². The minimum absolute atomic E-state index is 0.0964. The summed E-state index contributed by atoms with van der Waals surface area (Å²) in [5.41, 5.74) is 8.53. The topological polar surface area (TPSA) is 141 Å². The van der Waals surface area contributed by atoms with Gasteiger partial charge in [-0.3, -0.25) is 24.1 Å². The second kappa shape index (κ2) is 12.0. The van der Waals surface area contributed by atoms with E-state index < -0.39 is 5.82 Å². The molecule has 1 saturated heterocycles. The number of carbonyl (C=O) groups excluding carboxylic acids is 4. The van der Waals surface area contributed by atoms with Crippen molar-refractivity contribution in [3.8, 4) is 0 Å². The third-order valence-corrected chi connectivity index (χ3v) is 6.91. The smallest absolute Gasteiger partial charge is 0.256 e. The van der Waals surface area contributed by atoms with Crippen LogP contribution in [-0.2, 0) is 19.2 Å². The average molecular weight is 525 g/mol. The summed E-state index contributed by atoms with van der Waals surface area (Å²) in [5, 5.41) is 5.63. The van der Waals surface area contributed by atoms with E-state index in [0.29, 0.717) is 73.6 Å². The molecule has 0 atom stereocenters. The Balaban J connectivity index is 1.25. The number of benzene rings is 1. The first kappa shape index (κ1) is 27.1. The van der Waals surface area contributed by atoms with E-state index in [2.05, 4.69) is 15.6 Å². The average Bonchev–Trinajstić information content (AvgIpc) is 3.37. The Morgan fingerprint density at radius 3 is 2.58 bits per heavy atom. The quantitative estimate of drug-likeness (QED) is 0.279. The summed E-state index contributed by atoms with van der Waals surface area (Å²) in [6.45, 7) is 4.38. The van der Waals surface area contributed by atoms with Gasteiger partial charge in [-0.15, -0.1) is 0 Å². The molecule has 0 radical (unpaired) electrons. The van der Waals surface area contributed by atoms with E-state index in [1.807, 2.05) is 16.7 Å². The molecule has 10 nitrogen and oxygen atoms in total. The number of piperazine rings is 1. The van der Waals surface area contributed by atoms with Gasteiger partial charge < -0.3 is 26.3 Å². The highest BCUT2D eigenvalue weighted by Crippen LogP contribution is 2.34. The van der Waals surface area contributed by atoms with Crippen molar-refractivity contribution >= 4 is 46.7 Å². The van der Waals surface area contributed by atoms with Crippen molar-refractivity contribution in [1.29, 1.82) is 0 Å². The molecule has 2 aromatic rings. The van der Waals surface area contributed by atoms with Crippen molar-refractivity contribution < 1.29 is 23.6 Å². The number of halogens is 1. The standard InChI is InChI=1S/C27H33FN6O4/c1-17-22(14-20-19-13-18(28)7-8-21(19)32-27(20)38)30-15-23(17)31-25(36)16-33-9-11-34(12-10-33)26(37)6-4-2-3-5-24(29)35/h7-8,13-15,30H,2-6,9-12,16H2,1H3,(H2,29,35)(H,31,36)(H,32,38). The number of aromatic amines is 1. The number of amides is 4. The van der Waals surface area contributed by atoms with Crippen LogP contribution in [0, 0.1) is 12.7 Å². The van der Waals surface area contributed by atoms with Gasteiger partial charge in [-0.2, -0.15) is 0 Å². The Bertz CT molecular complexity index is 1260. The summed E-state index contributed by atoms with van der Waals surface area (Å²) in [4.78, 5) is 55.2. The Morgan fingerprint density at radius 2 is 1.84 bits per heavy atom. The number of nitrogens with zero attached hydrogens (tertiary/aromatic N) is 2. The van der Waals surface area contributed by atoms with Gasteiger partial charge in [0, 0.05) is 62.2 Å². The molecule has 0 bridgehead atoms. The lowest BCUT2D eigenvalue weighted by molar-refractivity contribution is -0.133. The molecule has 1 fully saturated rings. The van der Waals surface area contributed by atoms with Crippen molar-refractivity contribution in [1.82, 2.24) is 14.8 Å². The van der Waals surface area contributed by atoms with Gasteiger partial charge in [0.05, 0.1) is 17.8 Å². The van der Waals surface area contributed by atoms with Crippen molar-refractivity contribution in [3.05, 3.63) is 47.0 Å². The fourth-order valence-corrected chi connectivity index (χ4v) is 4.70. The zero-order chi connectivity index (χ0) is 27.2. The van der Waals surface area contributed by atoms with Crippen molar-refractivity contribution in [2.45, 2.75) is 39.0 Å². The van der Waals surface area contributed by atoms with Crippen LogP contribution in [0.3, 0.4) is 0 Å². The molecule has 0 saturated carbocycles. The molecule has 0 unspecified atom stereocenters. The lowest BCUT2D eigenvalue weighted by Gasteiger charge is -2.34. The van der Waals surface area contributed by atoms with Crippen molar-refractivity contribution in [2.24, 2.45) is 5.73 Å². The Morgan fingerprint density at radius 1 is 1.11 bits per heavy atom. The summed E-state index contributed by atoms with van der Waals surface area (Å²) >= 11 is 0. The highest BCUT2D eigenvalue weighted by molar-refractivity contribution is 6.34. The molecule has 0 aliphatic carbocycles. The maximum Gasteiger partial charge on any atom is 0.256 e. The van der Waals surface area contributed by atoms with E-state index in [1.165, 1.54) is 18.2 Å². The van der Waals surface area contributed by atoms with Gasteiger partial charge in [0.15, 0.2) is 0 Å². The van der Waals surface area contributed by atoms with Gasteiger partial charge in [0.25, 0.3) is 5.91 Å². The van der Waals surface area contributed by atoms with E-state index in [1.54, 1.807) is 12.3 Å². The van der Waals surface area contributed by atoms with Crippen LogP contribution in [0.15, 0.2) is 24.4 Å². The van der Waals surface area contributed by atoms with Crippen LogP contribution >= 0.6 is 0 Å². The fourth-order valence-electron chi connectivity index (χ4n) is 4.70. The van der Waals surface area contributed by atoms with Gasteiger partial charge in [0.2, 0.25) is 17.7 Å². The molecule has 1 aromatic carbocycles. The Labute approximate surface area is 220 Å². The monoisotopic (exact) mass is 524 g/mol. The molecule has 202 valence electrons. The molecule has 2 aliphatic heterocycles. The number of H-pyrrole nitrogens is 1. The van der Waals surface area contributed by atoms with E-state index in [4.69, 9.17) is 5.73 Å². The van der Waals surface area contributed by atoms with Crippen LogP contribution in [0.1, 0.15) is 48.9 Å². The highest BCUT2D eigenvalue weighted by atomic mass is 19.1. The first-order valence-electron chi connectivity index (χ1n) is 12.8. The molecule has 38 heavy (non-hydrogen) atoms. The van der Waals surface area contributed by atoms with Gasteiger partial charge in [-0.1, -0.05) is 6.42 Å². The van der Waals surface area contributed by atoms with Crippen LogP contribution < -0.4 is 16.4 Å². The number of aromatic nitrogens is 1. The molecule has 1 aromatic heterocycles. The zero-order valence-corrected chi connectivity index (χ0v) is 21.4. The molecular weight excluding hydrogens is 491 g/mol. The molecular formula is C27H33FN6O4. The lowest BCUT2D eigenvalue weighted by atomic mass is 10.0. The van der Waals surface area contributed by atoms with Crippen LogP contribution in [-0.4, -0.2) is 71.1 Å². The van der Waals surface area contributed by atoms with Crippen molar-refractivity contribution in [2.75, 3.05) is 43.4 Å². The number of fused-ring (bicyclic) bond motifs is 1. The lowest BCUT2D eigenvalue weighted by Crippen LogP contribution is -2.50. The zero-order valence-electron chi connectivity index (χ0n) is 21.4. The van der Waals surface area contributed by atoms with Crippen molar-refractivity contribution in [3.63, 3.8) is 0 Å². The number of hydrogen-bond donors (Lipinski definition) is 4. The number of primary amides is 1. The summed E-state index contributed by atoms with van der Waals surface area (Å²) in [6, 6.07) is 4.14. The maximum absolute atomic E-state index is 13.7. The van der Waals surface area contributed by atoms with Gasteiger partial charge in [0.1, 0.15) is 5.82 Å². The number of nitrogens with two attached hydrogens (primary N) is 1. The number of unbranched alkanes of at least 4 members (excludes halogenated alkanes) is 2. The summed E-state index contributed by atoms with van der Waals surface area (Å²) in [5.74, 6) is -1.14. The Hall–Kier alpha value is -3.99. The predicted molar refractivity (Wildman–Crippen MR) is 142 cm³/mol. The van der Waals surface area contributed by atoms with Gasteiger partial charge >= 0.3 is 0 Å². The van der Waals surface area contributed by atoms with Crippen LogP contribution in [0.5, 0.6) is 0 Å². The first-order chi connectivity index (χ1) is 18.2. The molecule has 2 aliphatic rings. The molecule has 11 heteroatoms. The normalized spacial score (nSPS) is 16.4.